The first-order chi connectivity index (χ1) is 11.9. The molecule has 0 spiro atoms. The van der Waals surface area contributed by atoms with Crippen LogP contribution in [0.2, 0.25) is 0 Å². The van der Waals surface area contributed by atoms with Crippen LogP contribution >= 0.6 is 0 Å². The maximum Gasteiger partial charge on any atom is 0.273 e. The van der Waals surface area contributed by atoms with Gasteiger partial charge in [0.25, 0.3) is 15.7 Å². The van der Waals surface area contributed by atoms with E-state index in [9.17, 15) is 18.5 Å². The molecule has 1 N–H and O–H groups in total. The van der Waals surface area contributed by atoms with Gasteiger partial charge in [-0.1, -0.05) is 0 Å². The smallest absolute Gasteiger partial charge is 0.273 e. The second kappa shape index (κ2) is 6.48. The van der Waals surface area contributed by atoms with Crippen molar-refractivity contribution in [1.29, 1.82) is 0 Å². The molecule has 0 amide bonds. The van der Waals surface area contributed by atoms with Crippen molar-refractivity contribution in [2.24, 2.45) is 0 Å². The van der Waals surface area contributed by atoms with Gasteiger partial charge in [0.1, 0.15) is 23.9 Å². The minimum atomic E-state index is -4.02. The van der Waals surface area contributed by atoms with E-state index in [2.05, 4.69) is 4.72 Å². The molecule has 0 saturated heterocycles. The number of benzene rings is 2. The SMILES string of the molecule is COc1cc([N+](=O)[O-])ccc1S(=O)(=O)Nc1ccc2c(c1)OCCO2. The Kier molecular flexibility index (Phi) is 4.36. The Morgan fingerprint density at radius 3 is 2.52 bits per heavy atom. The summed E-state index contributed by atoms with van der Waals surface area (Å²) in [6.07, 6.45) is 0. The van der Waals surface area contributed by atoms with Crippen molar-refractivity contribution in [2.75, 3.05) is 25.0 Å². The number of fused-ring (bicyclic) bond motifs is 1. The lowest BCUT2D eigenvalue weighted by Gasteiger charge is -2.19. The third kappa shape index (κ3) is 3.43. The second-order valence-corrected chi connectivity index (χ2v) is 6.71. The summed E-state index contributed by atoms with van der Waals surface area (Å²) in [5, 5.41) is 10.8. The number of nitrogens with one attached hydrogen (secondary N) is 1. The van der Waals surface area contributed by atoms with E-state index in [1.165, 1.54) is 19.2 Å². The van der Waals surface area contributed by atoms with Crippen LogP contribution in [-0.2, 0) is 10.0 Å². The summed E-state index contributed by atoms with van der Waals surface area (Å²) >= 11 is 0. The quantitative estimate of drug-likeness (QED) is 0.636. The van der Waals surface area contributed by atoms with Gasteiger partial charge in [-0.2, -0.15) is 0 Å². The number of anilines is 1. The van der Waals surface area contributed by atoms with Gasteiger partial charge >= 0.3 is 0 Å². The number of ether oxygens (including phenoxy) is 3. The first kappa shape index (κ1) is 16.8. The highest BCUT2D eigenvalue weighted by Gasteiger charge is 2.23. The Balaban J connectivity index is 1.93. The average molecular weight is 366 g/mol. The fourth-order valence-corrected chi connectivity index (χ4v) is 3.51. The van der Waals surface area contributed by atoms with Gasteiger partial charge in [-0.05, 0) is 18.2 Å². The molecule has 0 unspecified atom stereocenters. The van der Waals surface area contributed by atoms with Gasteiger partial charge in [-0.25, -0.2) is 8.42 Å². The minimum absolute atomic E-state index is 0.126. The van der Waals surface area contributed by atoms with Crippen molar-refractivity contribution < 1.29 is 27.6 Å². The third-order valence-corrected chi connectivity index (χ3v) is 4.86. The zero-order chi connectivity index (χ0) is 18.0. The molecule has 0 radical (unpaired) electrons. The number of non-ortho nitro benzene ring substituents is 1. The minimum Gasteiger partial charge on any atom is -0.495 e. The molecule has 0 saturated carbocycles. The third-order valence-electron chi connectivity index (χ3n) is 3.44. The summed E-state index contributed by atoms with van der Waals surface area (Å²) in [4.78, 5) is 9.97. The lowest BCUT2D eigenvalue weighted by atomic mass is 10.3. The van der Waals surface area contributed by atoms with Gasteiger partial charge in [-0.3, -0.25) is 14.8 Å². The Morgan fingerprint density at radius 2 is 1.84 bits per heavy atom. The van der Waals surface area contributed by atoms with Crippen molar-refractivity contribution in [3.05, 3.63) is 46.5 Å². The summed E-state index contributed by atoms with van der Waals surface area (Å²) in [5.74, 6) is 0.837. The van der Waals surface area contributed by atoms with E-state index in [0.717, 1.165) is 18.2 Å². The van der Waals surface area contributed by atoms with Crippen LogP contribution < -0.4 is 18.9 Å². The number of sulfonamides is 1. The molecule has 0 aliphatic carbocycles. The molecule has 1 aliphatic heterocycles. The Morgan fingerprint density at radius 1 is 1.12 bits per heavy atom. The molecule has 1 heterocycles. The predicted octanol–water partition coefficient (Wildman–Crippen LogP) is 2.18. The fourth-order valence-electron chi connectivity index (χ4n) is 2.31. The van der Waals surface area contributed by atoms with Crippen molar-refractivity contribution >= 4 is 21.4 Å². The number of nitro benzene ring substituents is 1. The van der Waals surface area contributed by atoms with Gasteiger partial charge < -0.3 is 14.2 Å². The Labute approximate surface area is 143 Å². The highest BCUT2D eigenvalue weighted by atomic mass is 32.2. The van der Waals surface area contributed by atoms with Crippen LogP contribution in [0.4, 0.5) is 11.4 Å². The van der Waals surface area contributed by atoms with Gasteiger partial charge in [0.15, 0.2) is 11.5 Å². The monoisotopic (exact) mass is 366 g/mol. The summed E-state index contributed by atoms with van der Waals surface area (Å²) in [6, 6.07) is 7.91. The first-order valence-electron chi connectivity index (χ1n) is 7.15. The lowest BCUT2D eigenvalue weighted by molar-refractivity contribution is -0.385. The highest BCUT2D eigenvalue weighted by Crippen LogP contribution is 2.34. The normalized spacial score (nSPS) is 13.2. The summed E-state index contributed by atoms with van der Waals surface area (Å²) in [6.45, 7) is 0.803. The Hall–Kier alpha value is -3.01. The van der Waals surface area contributed by atoms with E-state index in [4.69, 9.17) is 14.2 Å². The molecule has 132 valence electrons. The predicted molar refractivity (Wildman–Crippen MR) is 87.9 cm³/mol. The van der Waals surface area contributed by atoms with E-state index in [0.29, 0.717) is 24.7 Å². The summed E-state index contributed by atoms with van der Waals surface area (Å²) in [7, 11) is -2.78. The van der Waals surface area contributed by atoms with E-state index in [-0.39, 0.29) is 22.0 Å². The van der Waals surface area contributed by atoms with E-state index >= 15 is 0 Å². The molecule has 0 atom stereocenters. The summed E-state index contributed by atoms with van der Waals surface area (Å²) < 4.78 is 43.4. The molecule has 10 heteroatoms. The topological polar surface area (TPSA) is 117 Å². The summed E-state index contributed by atoms with van der Waals surface area (Å²) in [5.41, 5.74) is -0.000199. The van der Waals surface area contributed by atoms with Crippen molar-refractivity contribution in [3.8, 4) is 17.2 Å². The Bertz CT molecular complexity index is 927. The number of rotatable bonds is 5. The number of hydrogen-bond acceptors (Lipinski definition) is 7. The van der Waals surface area contributed by atoms with Crippen LogP contribution in [0.5, 0.6) is 17.2 Å². The maximum atomic E-state index is 12.6. The van der Waals surface area contributed by atoms with Crippen molar-refractivity contribution in [1.82, 2.24) is 0 Å². The average Bonchev–Trinajstić information content (AvgIpc) is 2.60. The van der Waals surface area contributed by atoms with Crippen molar-refractivity contribution in [3.63, 3.8) is 0 Å². The van der Waals surface area contributed by atoms with Gasteiger partial charge in [0, 0.05) is 12.1 Å². The van der Waals surface area contributed by atoms with E-state index in [1.807, 2.05) is 0 Å². The number of hydrogen-bond donors (Lipinski definition) is 1. The van der Waals surface area contributed by atoms with Crippen LogP contribution in [0.25, 0.3) is 0 Å². The fraction of sp³-hybridized carbons (Fsp3) is 0.200. The van der Waals surface area contributed by atoms with Crippen LogP contribution in [0.1, 0.15) is 0 Å². The molecule has 0 fully saturated rings. The standard InChI is InChI=1S/C15H14N2O7S/c1-22-14-9-11(17(18)19)3-5-15(14)25(20,21)16-10-2-4-12-13(8-10)24-7-6-23-12/h2-5,8-9,16H,6-7H2,1H3. The van der Waals surface area contributed by atoms with E-state index < -0.39 is 14.9 Å². The highest BCUT2D eigenvalue weighted by molar-refractivity contribution is 7.92. The van der Waals surface area contributed by atoms with Gasteiger partial charge in [0.05, 0.1) is 23.8 Å². The van der Waals surface area contributed by atoms with E-state index in [1.54, 1.807) is 6.07 Å². The molecule has 2 aromatic rings. The van der Waals surface area contributed by atoms with Crippen LogP contribution in [0, 0.1) is 10.1 Å². The zero-order valence-corrected chi connectivity index (χ0v) is 13.9. The molecule has 2 aromatic carbocycles. The largest absolute Gasteiger partial charge is 0.495 e. The number of nitro groups is 1. The second-order valence-electron chi connectivity index (χ2n) is 5.06. The molecule has 25 heavy (non-hydrogen) atoms. The van der Waals surface area contributed by atoms with Crippen LogP contribution in [0.15, 0.2) is 41.3 Å². The maximum absolute atomic E-state index is 12.6. The van der Waals surface area contributed by atoms with Crippen molar-refractivity contribution in [2.45, 2.75) is 4.90 Å². The molecule has 0 bridgehead atoms. The molecule has 0 aromatic heterocycles. The molecular formula is C15H14N2O7S. The lowest BCUT2D eigenvalue weighted by Crippen LogP contribution is -2.17. The molecular weight excluding hydrogens is 352 g/mol. The molecule has 9 nitrogen and oxygen atoms in total. The number of nitrogens with zero attached hydrogens (tertiary/aromatic N) is 1. The first-order valence-corrected chi connectivity index (χ1v) is 8.64. The van der Waals surface area contributed by atoms with Crippen LogP contribution in [0.3, 0.4) is 0 Å². The molecule has 3 rings (SSSR count). The zero-order valence-electron chi connectivity index (χ0n) is 13.1. The van der Waals surface area contributed by atoms with Crippen LogP contribution in [-0.4, -0.2) is 33.7 Å². The van der Waals surface area contributed by atoms with Gasteiger partial charge in [0.2, 0.25) is 0 Å². The molecule has 1 aliphatic rings. The number of methoxy groups -OCH3 is 1. The van der Waals surface area contributed by atoms with Gasteiger partial charge in [-0.15, -0.1) is 0 Å².